The maximum absolute atomic E-state index is 11.9. The molecule has 1 aromatic heterocycles. The van der Waals surface area contributed by atoms with Crippen molar-refractivity contribution in [2.75, 3.05) is 13.7 Å². The quantitative estimate of drug-likeness (QED) is 0.638. The normalized spacial score (nSPS) is 10.7. The van der Waals surface area contributed by atoms with Crippen LogP contribution in [0.3, 0.4) is 0 Å². The van der Waals surface area contributed by atoms with E-state index in [2.05, 4.69) is 12.1 Å². The Bertz CT molecular complexity index is 818. The van der Waals surface area contributed by atoms with E-state index in [1.54, 1.807) is 25.5 Å². The topological polar surface area (TPSA) is 48.7 Å². The van der Waals surface area contributed by atoms with Crippen molar-refractivity contribution < 1.29 is 18.7 Å². The number of fused-ring (bicyclic) bond motifs is 1. The Morgan fingerprint density at radius 2 is 1.96 bits per heavy atom. The fraction of sp³-hybridized carbons (Fsp3) is 0.211. The van der Waals surface area contributed by atoms with Gasteiger partial charge < -0.3 is 13.9 Å². The summed E-state index contributed by atoms with van der Waals surface area (Å²) in [6, 6.07) is 13.6. The zero-order valence-corrected chi connectivity index (χ0v) is 13.2. The van der Waals surface area contributed by atoms with Gasteiger partial charge in [-0.15, -0.1) is 0 Å². The number of carbonyl (C=O) groups is 1. The van der Waals surface area contributed by atoms with Crippen LogP contribution in [0.1, 0.15) is 22.8 Å². The Balaban J connectivity index is 1.88. The first kappa shape index (κ1) is 15.2. The van der Waals surface area contributed by atoms with E-state index in [1.165, 1.54) is 12.5 Å². The van der Waals surface area contributed by atoms with E-state index in [0.29, 0.717) is 29.3 Å². The molecule has 3 aromatic rings. The number of methoxy groups -OCH3 is 1. The maximum atomic E-state index is 11.9. The average Bonchev–Trinajstić information content (AvgIpc) is 3.05. The van der Waals surface area contributed by atoms with Crippen molar-refractivity contribution in [1.82, 2.24) is 0 Å². The second-order valence-electron chi connectivity index (χ2n) is 5.26. The highest BCUT2D eigenvalue weighted by Crippen LogP contribution is 2.37. The smallest absolute Gasteiger partial charge is 0.179 e. The van der Waals surface area contributed by atoms with Crippen molar-refractivity contribution in [1.29, 1.82) is 0 Å². The van der Waals surface area contributed by atoms with Crippen LogP contribution in [0.4, 0.5) is 0 Å². The molecular formula is C19H18O4. The third-order valence-electron chi connectivity index (χ3n) is 3.73. The summed E-state index contributed by atoms with van der Waals surface area (Å²) in [5.41, 5.74) is 2.29. The van der Waals surface area contributed by atoms with Crippen LogP contribution in [-0.4, -0.2) is 19.5 Å². The van der Waals surface area contributed by atoms with Gasteiger partial charge in [-0.3, -0.25) is 4.79 Å². The molecule has 0 saturated carbocycles. The average molecular weight is 310 g/mol. The standard InChI is InChI=1S/C19H18O4/c1-13(20)16-12-17(19-15(9-11-23-19)18(16)21-2)22-10-8-14-6-4-3-5-7-14/h3-7,9,11-12H,8,10H2,1-2H3. The molecule has 3 rings (SSSR count). The van der Waals surface area contributed by atoms with Crippen LogP contribution in [0, 0.1) is 0 Å². The van der Waals surface area contributed by atoms with Crippen LogP contribution in [-0.2, 0) is 6.42 Å². The predicted octanol–water partition coefficient (Wildman–Crippen LogP) is 4.27. The summed E-state index contributed by atoms with van der Waals surface area (Å²) in [6.45, 7) is 2.01. The highest BCUT2D eigenvalue weighted by Gasteiger charge is 2.18. The van der Waals surface area contributed by atoms with Crippen molar-refractivity contribution >= 4 is 16.8 Å². The van der Waals surface area contributed by atoms with Gasteiger partial charge in [-0.05, 0) is 24.6 Å². The lowest BCUT2D eigenvalue weighted by Gasteiger charge is -2.12. The first-order chi connectivity index (χ1) is 11.2. The van der Waals surface area contributed by atoms with Crippen molar-refractivity contribution in [2.45, 2.75) is 13.3 Å². The van der Waals surface area contributed by atoms with Gasteiger partial charge in [0.15, 0.2) is 17.1 Å². The molecule has 0 N–H and O–H groups in total. The Hall–Kier alpha value is -2.75. The van der Waals surface area contributed by atoms with Crippen LogP contribution in [0.15, 0.2) is 53.1 Å². The number of carbonyl (C=O) groups excluding carboxylic acids is 1. The highest BCUT2D eigenvalue weighted by molar-refractivity contribution is 6.04. The van der Waals surface area contributed by atoms with E-state index in [1.807, 2.05) is 18.2 Å². The number of hydrogen-bond acceptors (Lipinski definition) is 4. The van der Waals surface area contributed by atoms with Gasteiger partial charge in [-0.2, -0.15) is 0 Å². The number of hydrogen-bond donors (Lipinski definition) is 0. The van der Waals surface area contributed by atoms with E-state index in [9.17, 15) is 4.79 Å². The minimum absolute atomic E-state index is 0.0714. The van der Waals surface area contributed by atoms with E-state index in [-0.39, 0.29) is 5.78 Å². The minimum Gasteiger partial charge on any atom is -0.495 e. The molecule has 2 aromatic carbocycles. The summed E-state index contributed by atoms with van der Waals surface area (Å²) in [5, 5.41) is 0.745. The van der Waals surface area contributed by atoms with Crippen LogP contribution in [0.2, 0.25) is 0 Å². The Morgan fingerprint density at radius 3 is 2.65 bits per heavy atom. The zero-order valence-electron chi connectivity index (χ0n) is 13.2. The Morgan fingerprint density at radius 1 is 1.17 bits per heavy atom. The van der Waals surface area contributed by atoms with Gasteiger partial charge in [0.25, 0.3) is 0 Å². The Labute approximate surface area is 134 Å². The van der Waals surface area contributed by atoms with Gasteiger partial charge in [-0.1, -0.05) is 30.3 Å². The third kappa shape index (κ3) is 3.06. The molecule has 0 amide bonds. The molecule has 0 radical (unpaired) electrons. The number of ether oxygens (including phenoxy) is 2. The molecule has 4 heteroatoms. The molecule has 0 atom stereocenters. The molecule has 118 valence electrons. The van der Waals surface area contributed by atoms with Gasteiger partial charge in [0.05, 0.1) is 30.9 Å². The van der Waals surface area contributed by atoms with Crippen molar-refractivity contribution in [3.05, 3.63) is 59.9 Å². The molecule has 4 nitrogen and oxygen atoms in total. The molecule has 1 heterocycles. The minimum atomic E-state index is -0.0714. The first-order valence-electron chi connectivity index (χ1n) is 7.46. The van der Waals surface area contributed by atoms with Crippen molar-refractivity contribution in [3.63, 3.8) is 0 Å². The van der Waals surface area contributed by atoms with Crippen molar-refractivity contribution in [3.8, 4) is 11.5 Å². The lowest BCUT2D eigenvalue weighted by molar-refractivity contribution is 0.101. The molecule has 0 unspecified atom stereocenters. The monoisotopic (exact) mass is 310 g/mol. The van der Waals surface area contributed by atoms with Gasteiger partial charge in [0, 0.05) is 6.42 Å². The number of Topliss-reactive ketones (excluding diaryl/α,β-unsaturated/α-hetero) is 1. The van der Waals surface area contributed by atoms with Crippen LogP contribution in [0.25, 0.3) is 11.0 Å². The molecule has 23 heavy (non-hydrogen) atoms. The molecule has 0 aliphatic rings. The fourth-order valence-electron chi connectivity index (χ4n) is 2.60. The lowest BCUT2D eigenvalue weighted by Crippen LogP contribution is -2.04. The van der Waals surface area contributed by atoms with Gasteiger partial charge in [-0.25, -0.2) is 0 Å². The summed E-state index contributed by atoms with van der Waals surface area (Å²) in [7, 11) is 1.55. The first-order valence-corrected chi connectivity index (χ1v) is 7.46. The number of rotatable bonds is 6. The predicted molar refractivity (Wildman–Crippen MR) is 88.4 cm³/mol. The van der Waals surface area contributed by atoms with E-state index in [4.69, 9.17) is 13.9 Å². The molecule has 0 aliphatic heterocycles. The lowest BCUT2D eigenvalue weighted by atomic mass is 10.1. The second kappa shape index (κ2) is 6.57. The number of benzene rings is 2. The fourth-order valence-corrected chi connectivity index (χ4v) is 2.60. The summed E-state index contributed by atoms with van der Waals surface area (Å²) in [5.74, 6) is 1.02. The van der Waals surface area contributed by atoms with Crippen LogP contribution < -0.4 is 9.47 Å². The molecule has 0 bridgehead atoms. The van der Waals surface area contributed by atoms with E-state index >= 15 is 0 Å². The van der Waals surface area contributed by atoms with Gasteiger partial charge in [0.2, 0.25) is 0 Å². The zero-order chi connectivity index (χ0) is 16.2. The molecule has 0 aliphatic carbocycles. The molecular weight excluding hydrogens is 292 g/mol. The summed E-state index contributed by atoms with van der Waals surface area (Å²) >= 11 is 0. The number of furan rings is 1. The second-order valence-corrected chi connectivity index (χ2v) is 5.26. The SMILES string of the molecule is COc1c(C(C)=O)cc(OCCc2ccccc2)c2occc12. The molecule has 0 spiro atoms. The van der Waals surface area contributed by atoms with E-state index in [0.717, 1.165) is 11.8 Å². The molecule has 0 fully saturated rings. The Kier molecular flexibility index (Phi) is 4.33. The third-order valence-corrected chi connectivity index (χ3v) is 3.73. The van der Waals surface area contributed by atoms with Crippen LogP contribution >= 0.6 is 0 Å². The van der Waals surface area contributed by atoms with Gasteiger partial charge >= 0.3 is 0 Å². The number of ketones is 1. The van der Waals surface area contributed by atoms with Gasteiger partial charge in [0.1, 0.15) is 5.75 Å². The van der Waals surface area contributed by atoms with Crippen molar-refractivity contribution in [2.24, 2.45) is 0 Å². The van der Waals surface area contributed by atoms with Crippen LogP contribution in [0.5, 0.6) is 11.5 Å². The van der Waals surface area contributed by atoms with E-state index < -0.39 is 0 Å². The maximum Gasteiger partial charge on any atom is 0.179 e. The largest absolute Gasteiger partial charge is 0.495 e. The summed E-state index contributed by atoms with van der Waals surface area (Å²) in [4.78, 5) is 11.9. The highest BCUT2D eigenvalue weighted by atomic mass is 16.5. The summed E-state index contributed by atoms with van der Waals surface area (Å²) in [6.07, 6.45) is 2.35. The summed E-state index contributed by atoms with van der Waals surface area (Å²) < 4.78 is 16.8. The molecule has 0 saturated heterocycles.